The summed E-state index contributed by atoms with van der Waals surface area (Å²) in [5.41, 5.74) is 7.51. The number of carbonyl (C=O) groups is 1. The summed E-state index contributed by atoms with van der Waals surface area (Å²) in [5, 5.41) is 8.57. The minimum absolute atomic E-state index is 0.0592. The van der Waals surface area contributed by atoms with Gasteiger partial charge in [0.25, 0.3) is 5.91 Å². The molecule has 1 atom stereocenters. The maximum Gasteiger partial charge on any atom is 0.257 e. The lowest BCUT2D eigenvalue weighted by atomic mass is 9.96. The van der Waals surface area contributed by atoms with E-state index in [1.54, 1.807) is 6.92 Å². The molecule has 1 fully saturated rings. The van der Waals surface area contributed by atoms with Crippen LogP contribution in [0.1, 0.15) is 40.6 Å². The predicted molar refractivity (Wildman–Crippen MR) is 92.0 cm³/mol. The molecular weight excluding hydrogens is 318 g/mol. The molecule has 0 radical (unpaired) electrons. The van der Waals surface area contributed by atoms with Crippen molar-refractivity contribution in [2.24, 2.45) is 0 Å². The second-order valence-electron chi connectivity index (χ2n) is 6.30. The maximum atomic E-state index is 12.9. The smallest absolute Gasteiger partial charge is 0.257 e. The van der Waals surface area contributed by atoms with Gasteiger partial charge in [0.05, 0.1) is 11.3 Å². The third kappa shape index (κ3) is 2.79. The van der Waals surface area contributed by atoms with Crippen LogP contribution in [0.3, 0.4) is 0 Å². The summed E-state index contributed by atoms with van der Waals surface area (Å²) in [6.45, 7) is 3.10. The Labute approximate surface area is 144 Å². The van der Waals surface area contributed by atoms with E-state index < -0.39 is 0 Å². The van der Waals surface area contributed by atoms with Crippen LogP contribution in [0, 0.1) is 6.92 Å². The van der Waals surface area contributed by atoms with Gasteiger partial charge in [-0.15, -0.1) is 10.2 Å². The fourth-order valence-electron chi connectivity index (χ4n) is 3.38. The number of nitrogen functional groups attached to an aromatic ring is 1. The van der Waals surface area contributed by atoms with Crippen molar-refractivity contribution in [3.05, 3.63) is 47.7 Å². The van der Waals surface area contributed by atoms with Gasteiger partial charge >= 0.3 is 0 Å². The molecule has 3 aromatic heterocycles. The number of pyridine rings is 1. The number of amides is 1. The van der Waals surface area contributed by atoms with Crippen molar-refractivity contribution in [2.75, 3.05) is 18.8 Å². The number of carbonyl (C=O) groups excluding carboxylic acids is 1. The average Bonchev–Trinajstić information content (AvgIpc) is 3.05. The molecule has 1 aliphatic rings. The Bertz CT molecular complexity index is 936. The number of piperidine rings is 1. The zero-order valence-electron chi connectivity index (χ0n) is 14.0. The van der Waals surface area contributed by atoms with Crippen LogP contribution in [0.2, 0.25) is 0 Å². The molecule has 8 heteroatoms. The molecule has 0 spiro atoms. The SMILES string of the molecule is Cc1nc(N)ncc1C(=O)N1CCCC(c2nnc3ccccn23)C1. The standard InChI is InChI=1S/C17H19N7O/c1-11-13(9-19-17(18)20-11)16(25)23-7-4-5-12(10-23)15-22-21-14-6-2-3-8-24(14)15/h2-3,6,8-9,12H,4-5,7,10H2,1H3,(H2,18,19,20). The number of nitrogens with zero attached hydrogens (tertiary/aromatic N) is 6. The molecule has 4 heterocycles. The Morgan fingerprint density at radius 3 is 3.04 bits per heavy atom. The van der Waals surface area contributed by atoms with Crippen molar-refractivity contribution >= 4 is 17.5 Å². The molecule has 128 valence electrons. The molecule has 8 nitrogen and oxygen atoms in total. The predicted octanol–water partition coefficient (Wildman–Crippen LogP) is 1.43. The summed E-state index contributed by atoms with van der Waals surface area (Å²) < 4.78 is 2.00. The highest BCUT2D eigenvalue weighted by Crippen LogP contribution is 2.27. The van der Waals surface area contributed by atoms with E-state index in [4.69, 9.17) is 5.73 Å². The summed E-state index contributed by atoms with van der Waals surface area (Å²) in [4.78, 5) is 22.8. The lowest BCUT2D eigenvalue weighted by molar-refractivity contribution is 0.0702. The number of nitrogens with two attached hydrogens (primary N) is 1. The highest BCUT2D eigenvalue weighted by molar-refractivity contribution is 5.95. The largest absolute Gasteiger partial charge is 0.368 e. The first kappa shape index (κ1) is 15.5. The number of anilines is 1. The molecule has 0 bridgehead atoms. The number of rotatable bonds is 2. The molecule has 1 saturated heterocycles. The van der Waals surface area contributed by atoms with Crippen molar-refractivity contribution in [3.8, 4) is 0 Å². The second-order valence-corrected chi connectivity index (χ2v) is 6.30. The van der Waals surface area contributed by atoms with Gasteiger partial charge in [0.1, 0.15) is 5.82 Å². The van der Waals surface area contributed by atoms with Crippen molar-refractivity contribution < 1.29 is 4.79 Å². The van der Waals surface area contributed by atoms with Crippen LogP contribution in [0.15, 0.2) is 30.6 Å². The van der Waals surface area contributed by atoms with Crippen LogP contribution in [-0.4, -0.2) is 48.5 Å². The van der Waals surface area contributed by atoms with E-state index in [1.165, 1.54) is 6.20 Å². The van der Waals surface area contributed by atoms with Crippen LogP contribution in [-0.2, 0) is 0 Å². The fourth-order valence-corrected chi connectivity index (χ4v) is 3.38. The van der Waals surface area contributed by atoms with Gasteiger partial charge in [-0.05, 0) is 31.9 Å². The number of aromatic nitrogens is 5. The van der Waals surface area contributed by atoms with E-state index in [0.29, 0.717) is 17.8 Å². The number of aryl methyl sites for hydroxylation is 1. The lowest BCUT2D eigenvalue weighted by Crippen LogP contribution is -2.40. The van der Waals surface area contributed by atoms with E-state index in [0.717, 1.165) is 30.9 Å². The maximum absolute atomic E-state index is 12.9. The van der Waals surface area contributed by atoms with Crippen molar-refractivity contribution in [1.82, 2.24) is 29.5 Å². The number of hydrogen-bond acceptors (Lipinski definition) is 6. The van der Waals surface area contributed by atoms with Crippen LogP contribution in [0.25, 0.3) is 5.65 Å². The van der Waals surface area contributed by atoms with Gasteiger partial charge in [-0.25, -0.2) is 9.97 Å². The van der Waals surface area contributed by atoms with Gasteiger partial charge in [-0.3, -0.25) is 9.20 Å². The van der Waals surface area contributed by atoms with Crippen LogP contribution < -0.4 is 5.73 Å². The molecule has 1 amide bonds. The van der Waals surface area contributed by atoms with Gasteiger partial charge in [-0.2, -0.15) is 0 Å². The summed E-state index contributed by atoms with van der Waals surface area (Å²) in [5.74, 6) is 1.18. The Kier molecular flexibility index (Phi) is 3.79. The summed E-state index contributed by atoms with van der Waals surface area (Å²) >= 11 is 0. The normalized spacial score (nSPS) is 17.8. The fraction of sp³-hybridized carbons (Fsp3) is 0.353. The Balaban J connectivity index is 1.59. The molecule has 2 N–H and O–H groups in total. The van der Waals surface area contributed by atoms with Crippen LogP contribution in [0.4, 0.5) is 5.95 Å². The van der Waals surface area contributed by atoms with Gasteiger partial charge in [0.2, 0.25) is 5.95 Å². The van der Waals surface area contributed by atoms with Crippen molar-refractivity contribution in [2.45, 2.75) is 25.7 Å². The second kappa shape index (κ2) is 6.12. The van der Waals surface area contributed by atoms with E-state index in [-0.39, 0.29) is 17.8 Å². The van der Waals surface area contributed by atoms with Gasteiger partial charge < -0.3 is 10.6 Å². The van der Waals surface area contributed by atoms with E-state index in [1.807, 2.05) is 33.7 Å². The molecule has 25 heavy (non-hydrogen) atoms. The molecular formula is C17H19N7O. The monoisotopic (exact) mass is 337 g/mol. The minimum Gasteiger partial charge on any atom is -0.368 e. The molecule has 4 rings (SSSR count). The number of likely N-dealkylation sites (tertiary alicyclic amines) is 1. The van der Waals surface area contributed by atoms with Gasteiger partial charge in [-0.1, -0.05) is 6.07 Å². The van der Waals surface area contributed by atoms with E-state index in [9.17, 15) is 4.79 Å². The zero-order chi connectivity index (χ0) is 17.4. The topological polar surface area (TPSA) is 102 Å². The lowest BCUT2D eigenvalue weighted by Gasteiger charge is -2.32. The molecule has 3 aromatic rings. The molecule has 1 aliphatic heterocycles. The zero-order valence-corrected chi connectivity index (χ0v) is 14.0. The van der Waals surface area contributed by atoms with Crippen molar-refractivity contribution in [1.29, 1.82) is 0 Å². The summed E-state index contributed by atoms with van der Waals surface area (Å²) in [7, 11) is 0. The quantitative estimate of drug-likeness (QED) is 0.759. The highest BCUT2D eigenvalue weighted by atomic mass is 16.2. The molecule has 0 aromatic carbocycles. The third-order valence-corrected chi connectivity index (χ3v) is 4.64. The molecule has 1 unspecified atom stereocenters. The Morgan fingerprint density at radius 1 is 1.32 bits per heavy atom. The summed E-state index contributed by atoms with van der Waals surface area (Å²) in [6.07, 6.45) is 5.38. The Morgan fingerprint density at radius 2 is 2.20 bits per heavy atom. The molecule has 0 aliphatic carbocycles. The number of hydrogen-bond donors (Lipinski definition) is 1. The highest BCUT2D eigenvalue weighted by Gasteiger charge is 2.29. The minimum atomic E-state index is -0.0592. The first-order chi connectivity index (χ1) is 12.1. The average molecular weight is 337 g/mol. The van der Waals surface area contributed by atoms with Crippen LogP contribution in [0.5, 0.6) is 0 Å². The van der Waals surface area contributed by atoms with Crippen molar-refractivity contribution in [3.63, 3.8) is 0 Å². The van der Waals surface area contributed by atoms with Crippen LogP contribution >= 0.6 is 0 Å². The third-order valence-electron chi connectivity index (χ3n) is 4.64. The first-order valence-corrected chi connectivity index (χ1v) is 8.31. The summed E-state index contributed by atoms with van der Waals surface area (Å²) in [6, 6.07) is 5.83. The van der Waals surface area contributed by atoms with E-state index >= 15 is 0 Å². The molecule has 0 saturated carbocycles. The first-order valence-electron chi connectivity index (χ1n) is 8.31. The van der Waals surface area contributed by atoms with Gasteiger partial charge in [0.15, 0.2) is 5.65 Å². The van der Waals surface area contributed by atoms with E-state index in [2.05, 4.69) is 20.2 Å². The van der Waals surface area contributed by atoms with Gasteiger partial charge in [0, 0.05) is 31.4 Å². The number of fused-ring (bicyclic) bond motifs is 1. The Hall–Kier alpha value is -3.03.